The average Bonchev–Trinajstić information content (AvgIpc) is 2.60. The lowest BCUT2D eigenvalue weighted by Gasteiger charge is -2.33. The minimum absolute atomic E-state index is 0.120. The third-order valence-corrected chi connectivity index (χ3v) is 3.97. The molecule has 0 amide bonds. The van der Waals surface area contributed by atoms with Crippen LogP contribution in [0.3, 0.4) is 0 Å². The monoisotopic (exact) mass is 350 g/mol. The van der Waals surface area contributed by atoms with Crippen molar-refractivity contribution >= 4 is 17.9 Å². The molecule has 0 bridgehead atoms. The Labute approximate surface area is 148 Å². The number of benzene rings is 1. The first-order valence-electron chi connectivity index (χ1n) is 8.46. The van der Waals surface area contributed by atoms with E-state index in [0.29, 0.717) is 5.56 Å². The fourth-order valence-corrected chi connectivity index (χ4v) is 2.66. The molecule has 0 saturated carbocycles. The highest BCUT2D eigenvalue weighted by atomic mass is 16.6. The Kier molecular flexibility index (Phi) is 8.11. The smallest absolute Gasteiger partial charge is 0.323 e. The van der Waals surface area contributed by atoms with Crippen LogP contribution in [0.5, 0.6) is 0 Å². The molecule has 1 aromatic carbocycles. The van der Waals surface area contributed by atoms with Crippen molar-refractivity contribution < 1.29 is 28.6 Å². The van der Waals surface area contributed by atoms with E-state index >= 15 is 0 Å². The fraction of sp³-hybridized carbons (Fsp3) is 0.526. The van der Waals surface area contributed by atoms with Crippen molar-refractivity contribution in [3.05, 3.63) is 35.9 Å². The van der Waals surface area contributed by atoms with Gasteiger partial charge in [0.15, 0.2) is 5.41 Å². The van der Waals surface area contributed by atoms with Gasteiger partial charge in [-0.2, -0.15) is 0 Å². The molecule has 6 heteroatoms. The maximum absolute atomic E-state index is 12.7. The highest BCUT2D eigenvalue weighted by molar-refractivity contribution is 6.01. The summed E-state index contributed by atoms with van der Waals surface area (Å²) in [4.78, 5) is 37.4. The first-order chi connectivity index (χ1) is 11.9. The van der Waals surface area contributed by atoms with Crippen LogP contribution in [-0.4, -0.2) is 37.7 Å². The number of hydrogen-bond donors (Lipinski definition) is 0. The zero-order valence-electron chi connectivity index (χ0n) is 15.2. The minimum Gasteiger partial charge on any atom is -0.466 e. The second-order valence-electron chi connectivity index (χ2n) is 5.62. The van der Waals surface area contributed by atoms with Crippen LogP contribution in [0.4, 0.5) is 0 Å². The molecule has 1 aromatic rings. The normalized spacial score (nSPS) is 12.2. The number of ether oxygens (including phenoxy) is 3. The molecule has 0 unspecified atom stereocenters. The van der Waals surface area contributed by atoms with Crippen molar-refractivity contribution in [2.45, 2.75) is 40.0 Å². The molecule has 0 radical (unpaired) electrons. The Balaban J connectivity index is 3.38. The predicted molar refractivity (Wildman–Crippen MR) is 91.8 cm³/mol. The molecule has 0 saturated heterocycles. The summed E-state index contributed by atoms with van der Waals surface area (Å²) in [6.07, 6.45) is -0.133. The summed E-state index contributed by atoms with van der Waals surface area (Å²) in [5, 5.41) is 0. The van der Waals surface area contributed by atoms with Crippen molar-refractivity contribution in [2.24, 2.45) is 5.41 Å². The lowest BCUT2D eigenvalue weighted by molar-refractivity contribution is -0.173. The van der Waals surface area contributed by atoms with Crippen LogP contribution in [0.2, 0.25) is 0 Å². The number of hydrogen-bond acceptors (Lipinski definition) is 6. The Morgan fingerprint density at radius 2 is 1.36 bits per heavy atom. The molecule has 138 valence electrons. The van der Waals surface area contributed by atoms with Gasteiger partial charge in [0.1, 0.15) is 0 Å². The van der Waals surface area contributed by atoms with Crippen LogP contribution in [0.15, 0.2) is 30.3 Å². The molecule has 25 heavy (non-hydrogen) atoms. The van der Waals surface area contributed by atoms with E-state index in [1.165, 1.54) is 6.92 Å². The third-order valence-electron chi connectivity index (χ3n) is 3.97. The zero-order valence-corrected chi connectivity index (χ0v) is 15.2. The van der Waals surface area contributed by atoms with Crippen molar-refractivity contribution in [1.29, 1.82) is 0 Å². The van der Waals surface area contributed by atoms with Gasteiger partial charge in [0.25, 0.3) is 0 Å². The molecule has 1 atom stereocenters. The number of esters is 3. The molecule has 0 N–H and O–H groups in total. The molecule has 0 heterocycles. The summed E-state index contributed by atoms with van der Waals surface area (Å²) < 4.78 is 15.3. The van der Waals surface area contributed by atoms with Gasteiger partial charge in [-0.3, -0.25) is 14.4 Å². The highest BCUT2D eigenvalue weighted by Crippen LogP contribution is 2.41. The summed E-state index contributed by atoms with van der Waals surface area (Å²) in [6.45, 7) is 6.93. The van der Waals surface area contributed by atoms with E-state index in [0.717, 1.165) is 0 Å². The van der Waals surface area contributed by atoms with E-state index in [2.05, 4.69) is 0 Å². The van der Waals surface area contributed by atoms with Gasteiger partial charge in [0.2, 0.25) is 0 Å². The molecular weight excluding hydrogens is 324 g/mol. The van der Waals surface area contributed by atoms with E-state index in [1.54, 1.807) is 45.0 Å². The fourth-order valence-electron chi connectivity index (χ4n) is 2.66. The number of carbonyl (C=O) groups is 3. The van der Waals surface area contributed by atoms with E-state index < -0.39 is 29.2 Å². The van der Waals surface area contributed by atoms with Crippen LogP contribution in [0.25, 0.3) is 0 Å². The standard InChI is InChI=1S/C19H26O6/c1-5-23-16(20)13-15(14-11-9-8-10-12-14)19(4,17(21)24-6-2)18(22)25-7-3/h8-12,15H,5-7,13H2,1-4H3/t15-/m1/s1. The summed E-state index contributed by atoms with van der Waals surface area (Å²) in [6, 6.07) is 8.91. The zero-order chi connectivity index (χ0) is 18.9. The van der Waals surface area contributed by atoms with Gasteiger partial charge in [-0.1, -0.05) is 30.3 Å². The average molecular weight is 350 g/mol. The molecule has 0 aliphatic carbocycles. The maximum atomic E-state index is 12.7. The largest absolute Gasteiger partial charge is 0.466 e. The van der Waals surface area contributed by atoms with Gasteiger partial charge in [0.05, 0.1) is 26.2 Å². The number of rotatable bonds is 9. The first kappa shape index (κ1) is 20.7. The molecule has 0 spiro atoms. The van der Waals surface area contributed by atoms with Crippen LogP contribution >= 0.6 is 0 Å². The SMILES string of the molecule is CCOC(=O)C[C@H](c1ccccc1)C(C)(C(=O)OCC)C(=O)OCC. The molecule has 0 fully saturated rings. The molecular formula is C19H26O6. The predicted octanol–water partition coefficient (Wildman–Crippen LogP) is 2.86. The molecule has 6 nitrogen and oxygen atoms in total. The van der Waals surface area contributed by atoms with Gasteiger partial charge in [-0.15, -0.1) is 0 Å². The lowest BCUT2D eigenvalue weighted by atomic mass is 9.71. The summed E-state index contributed by atoms with van der Waals surface area (Å²) in [5.41, 5.74) is -0.987. The van der Waals surface area contributed by atoms with Gasteiger partial charge in [0, 0.05) is 5.92 Å². The highest BCUT2D eigenvalue weighted by Gasteiger charge is 2.52. The molecule has 0 aliphatic heterocycles. The molecule has 0 aromatic heterocycles. The van der Waals surface area contributed by atoms with Gasteiger partial charge in [-0.05, 0) is 33.3 Å². The molecule has 0 aliphatic rings. The topological polar surface area (TPSA) is 78.9 Å². The maximum Gasteiger partial charge on any atom is 0.323 e. The van der Waals surface area contributed by atoms with Gasteiger partial charge >= 0.3 is 17.9 Å². The summed E-state index contributed by atoms with van der Waals surface area (Å²) in [5.74, 6) is -2.68. The second kappa shape index (κ2) is 9.81. The van der Waals surface area contributed by atoms with Crippen LogP contribution in [0, 0.1) is 5.41 Å². The van der Waals surface area contributed by atoms with E-state index in [4.69, 9.17) is 14.2 Å². The van der Waals surface area contributed by atoms with Crippen molar-refractivity contribution in [2.75, 3.05) is 19.8 Å². The van der Waals surface area contributed by atoms with Crippen LogP contribution < -0.4 is 0 Å². The van der Waals surface area contributed by atoms with Crippen molar-refractivity contribution in [3.8, 4) is 0 Å². The van der Waals surface area contributed by atoms with Crippen LogP contribution in [-0.2, 0) is 28.6 Å². The summed E-state index contributed by atoms with van der Waals surface area (Å²) >= 11 is 0. The molecule has 1 rings (SSSR count). The second-order valence-corrected chi connectivity index (χ2v) is 5.62. The van der Waals surface area contributed by atoms with Gasteiger partial charge < -0.3 is 14.2 Å². The Morgan fingerprint density at radius 1 is 0.880 bits per heavy atom. The van der Waals surface area contributed by atoms with Gasteiger partial charge in [-0.25, -0.2) is 0 Å². The lowest BCUT2D eigenvalue weighted by Crippen LogP contribution is -2.45. The Bertz CT molecular complexity index is 563. The minimum atomic E-state index is -1.65. The van der Waals surface area contributed by atoms with Crippen molar-refractivity contribution in [1.82, 2.24) is 0 Å². The Hall–Kier alpha value is -2.37. The quantitative estimate of drug-likeness (QED) is 0.387. The summed E-state index contributed by atoms with van der Waals surface area (Å²) in [7, 11) is 0. The van der Waals surface area contributed by atoms with E-state index in [-0.39, 0.29) is 26.2 Å². The first-order valence-corrected chi connectivity index (χ1v) is 8.46. The number of carbonyl (C=O) groups excluding carboxylic acids is 3. The van der Waals surface area contributed by atoms with E-state index in [1.807, 2.05) is 6.07 Å². The van der Waals surface area contributed by atoms with E-state index in [9.17, 15) is 14.4 Å². The Morgan fingerprint density at radius 3 is 1.80 bits per heavy atom. The van der Waals surface area contributed by atoms with Crippen molar-refractivity contribution in [3.63, 3.8) is 0 Å². The van der Waals surface area contributed by atoms with Crippen LogP contribution in [0.1, 0.15) is 45.6 Å². The third kappa shape index (κ3) is 5.05.